The number of anilines is 2. The van der Waals surface area contributed by atoms with Crippen LogP contribution in [0.5, 0.6) is 5.75 Å². The van der Waals surface area contributed by atoms with Gasteiger partial charge in [-0.05, 0) is 25.0 Å². The monoisotopic (exact) mass is 288 g/mol. The predicted molar refractivity (Wildman–Crippen MR) is 79.0 cm³/mol. The highest BCUT2D eigenvalue weighted by atomic mass is 35.5. The van der Waals surface area contributed by atoms with Crippen molar-refractivity contribution in [1.82, 2.24) is 0 Å². The first kappa shape index (κ1) is 17.5. The van der Waals surface area contributed by atoms with Crippen molar-refractivity contribution in [3.05, 3.63) is 18.2 Å². The van der Waals surface area contributed by atoms with Gasteiger partial charge in [0.15, 0.2) is 0 Å². The maximum Gasteiger partial charge on any atom is 0.224 e. The van der Waals surface area contributed by atoms with Crippen molar-refractivity contribution in [3.63, 3.8) is 0 Å². The van der Waals surface area contributed by atoms with E-state index < -0.39 is 0 Å². The van der Waals surface area contributed by atoms with Gasteiger partial charge >= 0.3 is 0 Å². The minimum Gasteiger partial charge on any atom is -0.497 e. The molecule has 1 amide bonds. The third-order valence-electron chi connectivity index (χ3n) is 2.54. The van der Waals surface area contributed by atoms with Gasteiger partial charge in [-0.1, -0.05) is 0 Å². The number of carbonyl (C=O) groups excluding carboxylic acids is 1. The minimum atomic E-state index is -0.0499. The number of nitrogen functional groups attached to an aromatic ring is 1. The number of benzene rings is 1. The van der Waals surface area contributed by atoms with Crippen LogP contribution in [-0.4, -0.2) is 26.7 Å². The molecule has 0 fully saturated rings. The van der Waals surface area contributed by atoms with Gasteiger partial charge in [-0.25, -0.2) is 0 Å². The molecule has 0 radical (unpaired) electrons. The Morgan fingerprint density at radius 3 is 2.68 bits per heavy atom. The number of hydrogen-bond acceptors (Lipinski definition) is 4. The van der Waals surface area contributed by atoms with Crippen LogP contribution in [0.25, 0.3) is 0 Å². The molecule has 6 heteroatoms. The molecule has 1 aromatic rings. The van der Waals surface area contributed by atoms with Crippen molar-refractivity contribution in [2.24, 2.45) is 0 Å². The summed E-state index contributed by atoms with van der Waals surface area (Å²) in [6, 6.07) is 5.17. The Kier molecular flexibility index (Phi) is 8.74. The maximum atomic E-state index is 11.7. The van der Waals surface area contributed by atoms with Crippen LogP contribution in [0.3, 0.4) is 0 Å². The zero-order valence-electron chi connectivity index (χ0n) is 11.3. The number of nitrogens with two attached hydrogens (primary N) is 1. The van der Waals surface area contributed by atoms with Crippen molar-refractivity contribution in [1.29, 1.82) is 0 Å². The molecule has 0 saturated heterocycles. The number of methoxy groups -OCH3 is 2. The molecule has 0 aliphatic rings. The topological polar surface area (TPSA) is 73.6 Å². The van der Waals surface area contributed by atoms with E-state index in [4.69, 9.17) is 15.2 Å². The summed E-state index contributed by atoms with van der Waals surface area (Å²) in [4.78, 5) is 11.7. The zero-order chi connectivity index (χ0) is 13.4. The summed E-state index contributed by atoms with van der Waals surface area (Å²) in [5, 5.41) is 2.78. The van der Waals surface area contributed by atoms with Crippen molar-refractivity contribution in [2.45, 2.75) is 19.3 Å². The Bertz CT molecular complexity index is 399. The number of ether oxygens (including phenoxy) is 2. The third-order valence-corrected chi connectivity index (χ3v) is 2.54. The van der Waals surface area contributed by atoms with E-state index in [0.717, 1.165) is 12.8 Å². The normalized spacial score (nSPS) is 9.58. The lowest BCUT2D eigenvalue weighted by Gasteiger charge is -2.09. The predicted octanol–water partition coefficient (Wildman–Crippen LogP) is 2.45. The van der Waals surface area contributed by atoms with Gasteiger partial charge in [0.25, 0.3) is 0 Å². The molecule has 1 rings (SSSR count). The Balaban J connectivity index is 0.00000324. The van der Waals surface area contributed by atoms with E-state index in [0.29, 0.717) is 30.2 Å². The van der Waals surface area contributed by atoms with Crippen LogP contribution < -0.4 is 15.8 Å². The molecule has 1 aromatic carbocycles. The number of amides is 1. The summed E-state index contributed by atoms with van der Waals surface area (Å²) >= 11 is 0. The largest absolute Gasteiger partial charge is 0.497 e. The summed E-state index contributed by atoms with van der Waals surface area (Å²) in [6.45, 7) is 0.675. The van der Waals surface area contributed by atoms with Crippen molar-refractivity contribution < 1.29 is 14.3 Å². The second-order valence-corrected chi connectivity index (χ2v) is 3.95. The number of halogens is 1. The molecule has 19 heavy (non-hydrogen) atoms. The second kappa shape index (κ2) is 9.47. The zero-order valence-corrected chi connectivity index (χ0v) is 12.1. The third kappa shape index (κ3) is 6.31. The van der Waals surface area contributed by atoms with Crippen LogP contribution in [0.2, 0.25) is 0 Å². The summed E-state index contributed by atoms with van der Waals surface area (Å²) in [5.41, 5.74) is 6.90. The van der Waals surface area contributed by atoms with E-state index in [1.807, 2.05) is 0 Å². The highest BCUT2D eigenvalue weighted by Crippen LogP contribution is 2.24. The van der Waals surface area contributed by atoms with Gasteiger partial charge in [-0.3, -0.25) is 4.79 Å². The van der Waals surface area contributed by atoms with Crippen molar-refractivity contribution >= 4 is 29.7 Å². The van der Waals surface area contributed by atoms with Gasteiger partial charge in [0.05, 0.1) is 18.5 Å². The van der Waals surface area contributed by atoms with Gasteiger partial charge in [-0.2, -0.15) is 0 Å². The molecule has 0 unspecified atom stereocenters. The van der Waals surface area contributed by atoms with E-state index in [2.05, 4.69) is 5.32 Å². The van der Waals surface area contributed by atoms with Gasteiger partial charge in [0.1, 0.15) is 5.75 Å². The molecular weight excluding hydrogens is 268 g/mol. The highest BCUT2D eigenvalue weighted by molar-refractivity contribution is 5.94. The average Bonchev–Trinajstić information content (AvgIpc) is 2.37. The molecule has 108 valence electrons. The summed E-state index contributed by atoms with van der Waals surface area (Å²) < 4.78 is 10.0. The molecule has 0 aliphatic heterocycles. The fraction of sp³-hybridized carbons (Fsp3) is 0.462. The number of nitrogens with one attached hydrogen (secondary N) is 1. The molecule has 0 heterocycles. The van der Waals surface area contributed by atoms with Crippen LogP contribution in [0.15, 0.2) is 18.2 Å². The van der Waals surface area contributed by atoms with Gasteiger partial charge < -0.3 is 20.5 Å². The molecule has 0 aromatic heterocycles. The van der Waals surface area contributed by atoms with Crippen LogP contribution >= 0.6 is 12.4 Å². The molecule has 3 N–H and O–H groups in total. The average molecular weight is 289 g/mol. The molecule has 0 saturated carbocycles. The van der Waals surface area contributed by atoms with E-state index in [1.165, 1.54) is 0 Å². The van der Waals surface area contributed by atoms with E-state index in [1.54, 1.807) is 32.4 Å². The van der Waals surface area contributed by atoms with Crippen molar-refractivity contribution in [2.75, 3.05) is 31.9 Å². The van der Waals surface area contributed by atoms with Gasteiger partial charge in [0.2, 0.25) is 5.91 Å². The molecule has 0 atom stereocenters. The van der Waals surface area contributed by atoms with E-state index in [-0.39, 0.29) is 18.3 Å². The van der Waals surface area contributed by atoms with Crippen LogP contribution in [0.1, 0.15) is 19.3 Å². The smallest absolute Gasteiger partial charge is 0.224 e. The maximum absolute atomic E-state index is 11.7. The first-order chi connectivity index (χ1) is 8.67. The Labute approximate surface area is 119 Å². The summed E-state index contributed by atoms with van der Waals surface area (Å²) in [5.74, 6) is 0.616. The van der Waals surface area contributed by atoms with Gasteiger partial charge in [-0.15, -0.1) is 12.4 Å². The van der Waals surface area contributed by atoms with Crippen LogP contribution in [-0.2, 0) is 9.53 Å². The highest BCUT2D eigenvalue weighted by Gasteiger charge is 2.06. The molecular formula is C13H21ClN2O3. The Hall–Kier alpha value is -1.46. The number of carbonyl (C=O) groups is 1. The lowest BCUT2D eigenvalue weighted by Crippen LogP contribution is -2.12. The van der Waals surface area contributed by atoms with Crippen molar-refractivity contribution in [3.8, 4) is 5.75 Å². The van der Waals surface area contributed by atoms with E-state index in [9.17, 15) is 4.79 Å². The Morgan fingerprint density at radius 2 is 2.05 bits per heavy atom. The Morgan fingerprint density at radius 1 is 1.32 bits per heavy atom. The first-order valence-corrected chi connectivity index (χ1v) is 5.89. The minimum absolute atomic E-state index is 0. The molecule has 0 aliphatic carbocycles. The standard InChI is InChI=1S/C13H20N2O3.ClH/c1-17-8-4-3-5-13(16)15-12-9-10(18-2)6-7-11(12)14;/h6-7,9H,3-5,8,14H2,1-2H3,(H,15,16);1H. The lowest BCUT2D eigenvalue weighted by atomic mass is 10.2. The van der Waals surface area contributed by atoms with Crippen LogP contribution in [0.4, 0.5) is 11.4 Å². The molecule has 0 spiro atoms. The number of hydrogen-bond donors (Lipinski definition) is 2. The quantitative estimate of drug-likeness (QED) is 0.597. The number of unbranched alkanes of at least 4 members (excludes halogenated alkanes) is 1. The number of rotatable bonds is 7. The SMILES string of the molecule is COCCCCC(=O)Nc1cc(OC)ccc1N.Cl. The second-order valence-electron chi connectivity index (χ2n) is 3.95. The van der Waals surface area contributed by atoms with E-state index >= 15 is 0 Å². The fourth-order valence-electron chi connectivity index (χ4n) is 1.52. The summed E-state index contributed by atoms with van der Waals surface area (Å²) in [7, 11) is 3.22. The van der Waals surface area contributed by atoms with Crippen LogP contribution in [0, 0.1) is 0 Å². The summed E-state index contributed by atoms with van der Waals surface area (Å²) in [6.07, 6.45) is 2.13. The lowest BCUT2D eigenvalue weighted by molar-refractivity contribution is -0.116. The van der Waals surface area contributed by atoms with Gasteiger partial charge in [0, 0.05) is 26.2 Å². The first-order valence-electron chi connectivity index (χ1n) is 5.89. The fourth-order valence-corrected chi connectivity index (χ4v) is 1.52. The molecule has 5 nitrogen and oxygen atoms in total. The molecule has 0 bridgehead atoms.